The van der Waals surface area contributed by atoms with E-state index in [1.165, 1.54) is 0 Å². The number of anilines is 1. The Morgan fingerprint density at radius 2 is 2.11 bits per heavy atom. The van der Waals surface area contributed by atoms with E-state index in [1.54, 1.807) is 6.20 Å². The van der Waals surface area contributed by atoms with Crippen LogP contribution in [0.3, 0.4) is 0 Å². The Hall–Kier alpha value is -2.07. The van der Waals surface area contributed by atoms with Crippen LogP contribution in [0.1, 0.15) is 31.4 Å². The fourth-order valence-corrected chi connectivity index (χ4v) is 1.83. The minimum absolute atomic E-state index is 0.438. The van der Waals surface area contributed by atoms with Crippen molar-refractivity contribution in [3.8, 4) is 12.1 Å². The van der Waals surface area contributed by atoms with Gasteiger partial charge in [-0.15, -0.1) is 0 Å². The Bertz CT molecular complexity index is 480. The molecule has 1 aromatic heterocycles. The maximum Gasteiger partial charge on any atom is 0.146 e. The van der Waals surface area contributed by atoms with Gasteiger partial charge < -0.3 is 4.90 Å². The van der Waals surface area contributed by atoms with Crippen LogP contribution < -0.4 is 4.90 Å². The number of nitriles is 2. The van der Waals surface area contributed by atoms with Crippen molar-refractivity contribution in [2.24, 2.45) is 5.92 Å². The molecule has 0 atom stereocenters. The van der Waals surface area contributed by atoms with Crippen LogP contribution in [0.25, 0.3) is 0 Å². The van der Waals surface area contributed by atoms with E-state index < -0.39 is 0 Å². The van der Waals surface area contributed by atoms with Gasteiger partial charge in [0.25, 0.3) is 0 Å². The monoisotopic (exact) mass is 242 g/mol. The summed E-state index contributed by atoms with van der Waals surface area (Å²) in [7, 11) is 0. The van der Waals surface area contributed by atoms with E-state index in [4.69, 9.17) is 5.26 Å². The van der Waals surface area contributed by atoms with Crippen molar-refractivity contribution in [2.75, 3.05) is 18.0 Å². The summed E-state index contributed by atoms with van der Waals surface area (Å²) in [6.07, 6.45) is 2.15. The van der Waals surface area contributed by atoms with Crippen molar-refractivity contribution < 1.29 is 0 Å². The number of aryl methyl sites for hydroxylation is 1. The van der Waals surface area contributed by atoms with Crippen LogP contribution in [-0.4, -0.2) is 18.1 Å². The van der Waals surface area contributed by atoms with Crippen LogP contribution in [0.4, 0.5) is 5.82 Å². The third-order valence-electron chi connectivity index (χ3n) is 2.63. The smallest absolute Gasteiger partial charge is 0.146 e. The summed E-state index contributed by atoms with van der Waals surface area (Å²) in [4.78, 5) is 6.34. The molecule has 1 aromatic rings. The molecule has 0 amide bonds. The van der Waals surface area contributed by atoms with E-state index >= 15 is 0 Å². The van der Waals surface area contributed by atoms with Crippen LogP contribution in [0, 0.1) is 35.5 Å². The summed E-state index contributed by atoms with van der Waals surface area (Å²) in [6.45, 7) is 7.54. The van der Waals surface area contributed by atoms with Crippen molar-refractivity contribution in [2.45, 2.75) is 27.2 Å². The average Bonchev–Trinajstić information content (AvgIpc) is 2.33. The molecule has 0 aliphatic rings. The van der Waals surface area contributed by atoms with Gasteiger partial charge in [0.05, 0.1) is 18.1 Å². The molecule has 0 N–H and O–H groups in total. The third-order valence-corrected chi connectivity index (χ3v) is 2.63. The van der Waals surface area contributed by atoms with Gasteiger partial charge in [0.2, 0.25) is 0 Å². The van der Waals surface area contributed by atoms with E-state index in [0.717, 1.165) is 12.1 Å². The second-order valence-electron chi connectivity index (χ2n) is 4.69. The zero-order valence-corrected chi connectivity index (χ0v) is 11.1. The lowest BCUT2D eigenvalue weighted by Crippen LogP contribution is -2.30. The highest BCUT2D eigenvalue weighted by Gasteiger charge is 2.15. The third kappa shape index (κ3) is 3.46. The minimum Gasteiger partial charge on any atom is -0.354 e. The zero-order chi connectivity index (χ0) is 13.5. The molecule has 0 saturated carbocycles. The first-order chi connectivity index (χ1) is 8.60. The van der Waals surface area contributed by atoms with Gasteiger partial charge in [-0.3, -0.25) is 0 Å². The Morgan fingerprint density at radius 3 is 2.67 bits per heavy atom. The molecule has 0 radical (unpaired) electrons. The van der Waals surface area contributed by atoms with Crippen LogP contribution in [0.5, 0.6) is 0 Å². The number of hydrogen-bond acceptors (Lipinski definition) is 4. The lowest BCUT2D eigenvalue weighted by atomic mass is 10.1. The predicted octanol–water partition coefficient (Wildman–Crippen LogP) is 2.64. The van der Waals surface area contributed by atoms with E-state index in [1.807, 2.05) is 17.9 Å². The first kappa shape index (κ1) is 14.0. The Labute approximate surface area is 108 Å². The molecule has 1 heterocycles. The van der Waals surface area contributed by atoms with Gasteiger partial charge in [0, 0.05) is 19.3 Å². The Kier molecular flexibility index (Phi) is 5.14. The van der Waals surface area contributed by atoms with Crippen molar-refractivity contribution in [1.82, 2.24) is 4.98 Å². The maximum atomic E-state index is 9.23. The van der Waals surface area contributed by atoms with Gasteiger partial charge >= 0.3 is 0 Å². The van der Waals surface area contributed by atoms with E-state index in [-0.39, 0.29) is 0 Å². The molecule has 0 fully saturated rings. The molecule has 0 aliphatic heterocycles. The first-order valence-electron chi connectivity index (χ1n) is 6.07. The molecule has 0 unspecified atom stereocenters. The normalized spacial score (nSPS) is 9.89. The summed E-state index contributed by atoms with van der Waals surface area (Å²) in [5.41, 5.74) is 1.53. The van der Waals surface area contributed by atoms with E-state index in [9.17, 15) is 5.26 Å². The molecule has 0 aromatic carbocycles. The predicted molar refractivity (Wildman–Crippen MR) is 71.0 cm³/mol. The number of rotatable bonds is 5. The summed E-state index contributed by atoms with van der Waals surface area (Å²) in [5, 5.41) is 17.9. The van der Waals surface area contributed by atoms with Gasteiger partial charge in [-0.25, -0.2) is 4.98 Å². The number of hydrogen-bond donors (Lipinski definition) is 0. The average molecular weight is 242 g/mol. The van der Waals surface area contributed by atoms with Gasteiger partial charge in [0.15, 0.2) is 0 Å². The Balaban J connectivity index is 3.09. The molecule has 0 saturated heterocycles. The molecule has 0 spiro atoms. The summed E-state index contributed by atoms with van der Waals surface area (Å²) >= 11 is 0. The Morgan fingerprint density at radius 1 is 1.39 bits per heavy atom. The molecule has 94 valence electrons. The molecule has 0 bridgehead atoms. The zero-order valence-electron chi connectivity index (χ0n) is 11.1. The van der Waals surface area contributed by atoms with Crippen LogP contribution >= 0.6 is 0 Å². The highest BCUT2D eigenvalue weighted by atomic mass is 15.2. The molecular weight excluding hydrogens is 224 g/mol. The number of aromatic nitrogens is 1. The van der Waals surface area contributed by atoms with Crippen molar-refractivity contribution in [3.05, 3.63) is 23.4 Å². The number of pyridine rings is 1. The SMILES string of the molecule is Cc1ccnc(N(CCC#N)CC(C)C)c1C#N. The second kappa shape index (κ2) is 6.61. The van der Waals surface area contributed by atoms with E-state index in [2.05, 4.69) is 31.0 Å². The van der Waals surface area contributed by atoms with Crippen molar-refractivity contribution in [1.29, 1.82) is 10.5 Å². The highest BCUT2D eigenvalue weighted by Crippen LogP contribution is 2.21. The highest BCUT2D eigenvalue weighted by molar-refractivity contribution is 5.57. The van der Waals surface area contributed by atoms with Crippen molar-refractivity contribution >= 4 is 5.82 Å². The van der Waals surface area contributed by atoms with Gasteiger partial charge in [-0.05, 0) is 24.5 Å². The summed E-state index contributed by atoms with van der Waals surface area (Å²) in [6, 6.07) is 6.18. The number of nitrogens with zero attached hydrogens (tertiary/aromatic N) is 4. The minimum atomic E-state index is 0.438. The molecule has 1 rings (SSSR count). The van der Waals surface area contributed by atoms with Gasteiger partial charge in [-0.1, -0.05) is 13.8 Å². The molecular formula is C14H18N4. The van der Waals surface area contributed by atoms with Crippen LogP contribution in [-0.2, 0) is 0 Å². The first-order valence-corrected chi connectivity index (χ1v) is 6.07. The standard InChI is InChI=1S/C14H18N4/c1-11(2)10-18(8-4-6-15)14-13(9-16)12(3)5-7-17-14/h5,7,11H,4,8,10H2,1-3H3. The summed E-state index contributed by atoms with van der Waals surface area (Å²) < 4.78 is 0. The molecule has 18 heavy (non-hydrogen) atoms. The molecule has 4 heteroatoms. The second-order valence-corrected chi connectivity index (χ2v) is 4.69. The quantitative estimate of drug-likeness (QED) is 0.796. The van der Waals surface area contributed by atoms with E-state index in [0.29, 0.717) is 30.3 Å². The van der Waals surface area contributed by atoms with Gasteiger partial charge in [-0.2, -0.15) is 10.5 Å². The van der Waals surface area contributed by atoms with Crippen molar-refractivity contribution in [3.63, 3.8) is 0 Å². The lowest BCUT2D eigenvalue weighted by Gasteiger charge is -2.25. The lowest BCUT2D eigenvalue weighted by molar-refractivity contribution is 0.607. The fraction of sp³-hybridized carbons (Fsp3) is 0.500. The topological polar surface area (TPSA) is 63.7 Å². The molecule has 4 nitrogen and oxygen atoms in total. The van der Waals surface area contributed by atoms with Gasteiger partial charge in [0.1, 0.15) is 11.9 Å². The van der Waals surface area contributed by atoms with Crippen LogP contribution in [0.15, 0.2) is 12.3 Å². The fourth-order valence-electron chi connectivity index (χ4n) is 1.83. The molecule has 0 aliphatic carbocycles. The summed E-state index contributed by atoms with van der Waals surface area (Å²) in [5.74, 6) is 1.15. The van der Waals surface area contributed by atoms with Crippen LogP contribution in [0.2, 0.25) is 0 Å². The largest absolute Gasteiger partial charge is 0.354 e. The maximum absolute atomic E-state index is 9.23.